The molecule has 4 unspecified atom stereocenters. The van der Waals surface area contributed by atoms with Crippen LogP contribution < -0.4 is 0 Å². The summed E-state index contributed by atoms with van der Waals surface area (Å²) < 4.78 is 6.42. The lowest BCUT2D eigenvalue weighted by molar-refractivity contribution is -0.153. The molecule has 6 aliphatic rings. The molecule has 4 atom stereocenters. The van der Waals surface area contributed by atoms with Crippen molar-refractivity contribution in [2.24, 2.45) is 34.1 Å². The maximum Gasteiger partial charge on any atom is 0.410 e. The van der Waals surface area contributed by atoms with Gasteiger partial charge in [-0.2, -0.15) is 0 Å². The first-order valence-corrected chi connectivity index (χ1v) is 12.4. The van der Waals surface area contributed by atoms with Crippen molar-refractivity contribution in [3.05, 3.63) is 0 Å². The van der Waals surface area contributed by atoms with Gasteiger partial charge in [0.1, 0.15) is 6.10 Å². The fourth-order valence-corrected chi connectivity index (χ4v) is 8.28. The lowest BCUT2D eigenvalue weighted by Crippen LogP contribution is -2.57. The molecule has 0 aromatic carbocycles. The summed E-state index contributed by atoms with van der Waals surface area (Å²) in [5.41, 5.74) is -0.118. The molecule has 0 radical (unpaired) electrons. The van der Waals surface area contributed by atoms with E-state index in [0.717, 1.165) is 57.4 Å². The Morgan fingerprint density at radius 1 is 1.26 bits per heavy atom. The van der Waals surface area contributed by atoms with Crippen molar-refractivity contribution in [1.82, 2.24) is 4.90 Å². The number of ether oxygens (including phenoxy) is 1. The number of amides is 1. The zero-order valence-corrected chi connectivity index (χ0v) is 18.7. The summed E-state index contributed by atoms with van der Waals surface area (Å²) in [5, 5.41) is 1.23. The van der Waals surface area contributed by atoms with Crippen molar-refractivity contribution in [2.45, 2.75) is 57.6 Å². The molecule has 0 spiro atoms. The summed E-state index contributed by atoms with van der Waals surface area (Å²) in [7, 11) is 0. The fourth-order valence-electron chi connectivity index (χ4n) is 6.45. The molecule has 7 heteroatoms. The van der Waals surface area contributed by atoms with Gasteiger partial charge in [0, 0.05) is 52.8 Å². The SMILES string of the molecule is CC1CSC(C2CCN(C(=O)OC3C4CC5CC3CC(C(=O)I)(C5)C4)C2)=N1. The predicted octanol–water partition coefficient (Wildman–Crippen LogP) is 4.14. The summed E-state index contributed by atoms with van der Waals surface area (Å²) in [4.78, 5) is 31.8. The minimum atomic E-state index is -0.138. The maximum atomic E-state index is 12.9. The third-order valence-electron chi connectivity index (χ3n) is 7.46. The van der Waals surface area contributed by atoms with Crippen LogP contribution in [-0.2, 0) is 9.53 Å². The molecule has 1 saturated heterocycles. The summed E-state index contributed by atoms with van der Waals surface area (Å²) in [6.45, 7) is 3.68. The van der Waals surface area contributed by atoms with Crippen LogP contribution in [0.3, 0.4) is 0 Å². The summed E-state index contributed by atoms with van der Waals surface area (Å²) in [6.07, 6.45) is 6.06. The Kier molecular flexibility index (Phi) is 4.77. The first kappa shape index (κ1) is 18.7. The molecule has 0 aromatic heterocycles. The average Bonchev–Trinajstić information content (AvgIpc) is 3.26. The van der Waals surface area contributed by atoms with Crippen LogP contribution in [0, 0.1) is 29.1 Å². The Hall–Kier alpha value is -0.310. The number of hydrogen-bond acceptors (Lipinski definition) is 5. The van der Waals surface area contributed by atoms with Crippen LogP contribution in [0.2, 0.25) is 0 Å². The lowest BCUT2D eigenvalue weighted by Gasteiger charge is -2.58. The molecule has 4 saturated carbocycles. The molecule has 2 aliphatic heterocycles. The Bertz CT molecular complexity index is 683. The minimum Gasteiger partial charge on any atom is -0.446 e. The standard InChI is InChI=1S/C20H27IN2O3S/c1-11-10-27-17(22-11)13-2-3-23(9-13)19(25)26-16-14-4-12-5-15(16)8-20(6-12,7-14)18(21)24/h11-16H,2-10H2,1H3. The normalized spacial score (nSPS) is 45.3. The number of thioether (sulfide) groups is 1. The van der Waals surface area contributed by atoms with Gasteiger partial charge in [0.15, 0.2) is 3.79 Å². The number of nitrogens with zero attached hydrogens (tertiary/aromatic N) is 2. The second-order valence-corrected chi connectivity index (χ2v) is 11.5. The van der Waals surface area contributed by atoms with Gasteiger partial charge in [-0.15, -0.1) is 11.8 Å². The van der Waals surface area contributed by atoms with Gasteiger partial charge in [-0.05, 0) is 63.2 Å². The lowest BCUT2D eigenvalue weighted by atomic mass is 9.49. The molecule has 6 rings (SSSR count). The van der Waals surface area contributed by atoms with Crippen molar-refractivity contribution in [3.63, 3.8) is 0 Å². The van der Waals surface area contributed by atoms with Crippen molar-refractivity contribution in [1.29, 1.82) is 0 Å². The molecule has 5 nitrogen and oxygen atoms in total. The van der Waals surface area contributed by atoms with Gasteiger partial charge >= 0.3 is 6.09 Å². The maximum absolute atomic E-state index is 12.9. The number of halogens is 1. The van der Waals surface area contributed by atoms with E-state index < -0.39 is 0 Å². The van der Waals surface area contributed by atoms with E-state index in [2.05, 4.69) is 6.92 Å². The topological polar surface area (TPSA) is 59.0 Å². The van der Waals surface area contributed by atoms with Crippen LogP contribution in [0.5, 0.6) is 0 Å². The fraction of sp³-hybridized carbons (Fsp3) is 0.850. The second-order valence-electron chi connectivity index (χ2n) is 9.43. The van der Waals surface area contributed by atoms with Gasteiger partial charge < -0.3 is 9.64 Å². The highest BCUT2D eigenvalue weighted by molar-refractivity contribution is 14.1. The summed E-state index contributed by atoms with van der Waals surface area (Å²) in [5.74, 6) is 2.89. The van der Waals surface area contributed by atoms with Crippen LogP contribution in [0.1, 0.15) is 45.4 Å². The number of rotatable bonds is 3. The van der Waals surface area contributed by atoms with Crippen LogP contribution in [0.25, 0.3) is 0 Å². The van der Waals surface area contributed by atoms with E-state index in [4.69, 9.17) is 9.73 Å². The molecule has 5 fully saturated rings. The third kappa shape index (κ3) is 3.24. The molecule has 2 heterocycles. The third-order valence-corrected chi connectivity index (χ3v) is 9.98. The van der Waals surface area contributed by atoms with E-state index in [0.29, 0.717) is 33.5 Å². The van der Waals surface area contributed by atoms with E-state index in [9.17, 15) is 9.59 Å². The Morgan fingerprint density at radius 2 is 2.00 bits per heavy atom. The number of carbonyl (C=O) groups is 2. The van der Waals surface area contributed by atoms with E-state index in [-0.39, 0.29) is 17.6 Å². The molecule has 1 amide bonds. The van der Waals surface area contributed by atoms with E-state index in [1.807, 2.05) is 39.3 Å². The zero-order valence-electron chi connectivity index (χ0n) is 15.7. The van der Waals surface area contributed by atoms with Crippen LogP contribution in [0.4, 0.5) is 4.79 Å². The van der Waals surface area contributed by atoms with Crippen LogP contribution in [-0.4, -0.2) is 50.8 Å². The van der Waals surface area contributed by atoms with Crippen LogP contribution in [0.15, 0.2) is 4.99 Å². The van der Waals surface area contributed by atoms with E-state index in [1.54, 1.807) is 0 Å². The number of hydrogen-bond donors (Lipinski definition) is 0. The zero-order chi connectivity index (χ0) is 18.8. The van der Waals surface area contributed by atoms with Gasteiger partial charge in [0.25, 0.3) is 0 Å². The molecule has 0 aromatic rings. The van der Waals surface area contributed by atoms with Gasteiger partial charge in [-0.1, -0.05) is 0 Å². The van der Waals surface area contributed by atoms with E-state index >= 15 is 0 Å². The largest absolute Gasteiger partial charge is 0.446 e. The first-order valence-electron chi connectivity index (χ1n) is 10.3. The smallest absolute Gasteiger partial charge is 0.410 e. The first-order chi connectivity index (χ1) is 12.9. The highest BCUT2D eigenvalue weighted by atomic mass is 127. The molecule has 4 bridgehead atoms. The molecule has 27 heavy (non-hydrogen) atoms. The van der Waals surface area contributed by atoms with Crippen molar-refractivity contribution in [2.75, 3.05) is 18.8 Å². The Labute approximate surface area is 178 Å². The quantitative estimate of drug-likeness (QED) is 0.430. The van der Waals surface area contributed by atoms with Crippen molar-refractivity contribution < 1.29 is 14.3 Å². The highest BCUT2D eigenvalue weighted by Crippen LogP contribution is 2.61. The monoisotopic (exact) mass is 502 g/mol. The van der Waals surface area contributed by atoms with Gasteiger partial charge in [-0.3, -0.25) is 9.79 Å². The van der Waals surface area contributed by atoms with Gasteiger partial charge in [0.05, 0.1) is 11.1 Å². The Morgan fingerprint density at radius 3 is 2.63 bits per heavy atom. The summed E-state index contributed by atoms with van der Waals surface area (Å²) >= 11 is 3.86. The second kappa shape index (κ2) is 6.89. The number of likely N-dealkylation sites (tertiary alicyclic amines) is 1. The molecule has 4 aliphatic carbocycles. The highest BCUT2D eigenvalue weighted by Gasteiger charge is 2.59. The molecule has 0 N–H and O–H groups in total. The van der Waals surface area contributed by atoms with Gasteiger partial charge in [-0.25, -0.2) is 4.79 Å². The number of aliphatic imine (C=N–C) groups is 1. The predicted molar refractivity (Wildman–Crippen MR) is 114 cm³/mol. The summed E-state index contributed by atoms with van der Waals surface area (Å²) in [6, 6.07) is 0.409. The molecular weight excluding hydrogens is 475 g/mol. The van der Waals surface area contributed by atoms with Crippen LogP contribution >= 0.6 is 34.4 Å². The van der Waals surface area contributed by atoms with E-state index in [1.165, 1.54) is 5.04 Å². The minimum absolute atomic E-state index is 0.0233. The van der Waals surface area contributed by atoms with Gasteiger partial charge in [0.2, 0.25) is 0 Å². The molecular formula is C20H27IN2O3S. The molecule has 148 valence electrons. The average molecular weight is 502 g/mol. The van der Waals surface area contributed by atoms with Crippen molar-refractivity contribution in [3.8, 4) is 0 Å². The van der Waals surface area contributed by atoms with Crippen molar-refractivity contribution >= 4 is 49.3 Å². The number of carbonyl (C=O) groups excluding carboxylic acids is 2. The Balaban J connectivity index is 1.22.